The smallest absolute Gasteiger partial charge is 0.248 e. The zero-order valence-electron chi connectivity index (χ0n) is 22.2. The second-order valence-corrected chi connectivity index (χ2v) is 11.8. The van der Waals surface area contributed by atoms with E-state index in [1.807, 2.05) is 0 Å². The maximum atomic E-state index is 6.31. The molecule has 2 saturated heterocycles. The average Bonchev–Trinajstić information content (AvgIpc) is 3.55. The molecule has 1 saturated carbocycles. The normalized spacial score (nSPS) is 23.6. The van der Waals surface area contributed by atoms with Gasteiger partial charge in [-0.3, -0.25) is 4.90 Å². The molecule has 198 valence electrons. The molecular formula is C31H34N8. The van der Waals surface area contributed by atoms with Crippen LogP contribution in [0.2, 0.25) is 0 Å². The Balaban J connectivity index is 1.01. The molecule has 4 heterocycles. The number of fused-ring (bicyclic) bond motifs is 5. The number of nitrogens with two attached hydrogens (primary N) is 1. The summed E-state index contributed by atoms with van der Waals surface area (Å²) in [5, 5.41) is 17.2. The van der Waals surface area contributed by atoms with Gasteiger partial charge in [-0.2, -0.15) is 9.67 Å². The molecule has 2 aromatic carbocycles. The maximum absolute atomic E-state index is 6.31. The van der Waals surface area contributed by atoms with Gasteiger partial charge in [-0.1, -0.05) is 30.3 Å². The van der Waals surface area contributed by atoms with Gasteiger partial charge in [-0.15, -0.1) is 15.3 Å². The fourth-order valence-corrected chi connectivity index (χ4v) is 7.37. The van der Waals surface area contributed by atoms with Crippen LogP contribution in [-0.2, 0) is 25.7 Å². The molecule has 1 atom stereocenters. The van der Waals surface area contributed by atoms with Crippen LogP contribution in [0.5, 0.6) is 0 Å². The highest BCUT2D eigenvalue weighted by Crippen LogP contribution is 2.43. The number of benzene rings is 2. The third-order valence-electron chi connectivity index (χ3n) is 9.45. The van der Waals surface area contributed by atoms with E-state index in [-0.39, 0.29) is 0 Å². The lowest BCUT2D eigenvalue weighted by Crippen LogP contribution is -2.37. The molecule has 9 rings (SSSR count). The summed E-state index contributed by atoms with van der Waals surface area (Å²) in [6.45, 7) is 1.33. The quantitative estimate of drug-likeness (QED) is 0.372. The molecule has 0 radical (unpaired) electrons. The number of nitrogens with zero attached hydrogens (tertiary/aromatic N) is 6. The van der Waals surface area contributed by atoms with Crippen LogP contribution in [0.1, 0.15) is 54.4 Å². The minimum atomic E-state index is 0.294. The van der Waals surface area contributed by atoms with Gasteiger partial charge in [-0.05, 0) is 104 Å². The first kappa shape index (κ1) is 23.1. The lowest BCUT2D eigenvalue weighted by molar-refractivity contribution is 0.170. The number of rotatable bonds is 4. The molecule has 39 heavy (non-hydrogen) atoms. The van der Waals surface area contributed by atoms with E-state index in [0.717, 1.165) is 61.5 Å². The molecule has 3 aliphatic carbocycles. The van der Waals surface area contributed by atoms with Crippen LogP contribution in [0.4, 0.5) is 17.6 Å². The van der Waals surface area contributed by atoms with Gasteiger partial charge >= 0.3 is 0 Å². The summed E-state index contributed by atoms with van der Waals surface area (Å²) in [6.07, 6.45) is 10.8. The van der Waals surface area contributed by atoms with Crippen LogP contribution >= 0.6 is 0 Å². The zero-order valence-corrected chi connectivity index (χ0v) is 22.2. The predicted octanol–water partition coefficient (Wildman–Crippen LogP) is 4.88. The Morgan fingerprint density at radius 3 is 2.54 bits per heavy atom. The van der Waals surface area contributed by atoms with Crippen LogP contribution < -0.4 is 11.1 Å². The van der Waals surface area contributed by atoms with Gasteiger partial charge in [0.25, 0.3) is 0 Å². The van der Waals surface area contributed by atoms with Crippen LogP contribution in [0, 0.1) is 5.92 Å². The lowest BCUT2D eigenvalue weighted by atomic mass is 9.86. The van der Waals surface area contributed by atoms with Gasteiger partial charge in [0, 0.05) is 29.9 Å². The average molecular weight is 519 g/mol. The van der Waals surface area contributed by atoms with Crippen molar-refractivity contribution in [2.45, 2.75) is 69.9 Å². The van der Waals surface area contributed by atoms with E-state index in [0.29, 0.717) is 17.7 Å². The van der Waals surface area contributed by atoms with Gasteiger partial charge in [0.05, 0.1) is 5.69 Å². The molecule has 8 heteroatoms. The van der Waals surface area contributed by atoms with Gasteiger partial charge < -0.3 is 11.1 Å². The Morgan fingerprint density at radius 1 is 0.821 bits per heavy atom. The third-order valence-corrected chi connectivity index (χ3v) is 9.45. The van der Waals surface area contributed by atoms with Crippen molar-refractivity contribution in [2.24, 2.45) is 5.92 Å². The minimum absolute atomic E-state index is 0.294. The van der Waals surface area contributed by atoms with Crippen LogP contribution in [-0.4, -0.2) is 48.5 Å². The third kappa shape index (κ3) is 4.09. The molecule has 8 nitrogen and oxygen atoms in total. The number of nitrogens with one attached hydrogen (secondary N) is 1. The Bertz CT molecular complexity index is 1550. The Morgan fingerprint density at radius 2 is 1.67 bits per heavy atom. The van der Waals surface area contributed by atoms with Crippen LogP contribution in [0.3, 0.4) is 0 Å². The minimum Gasteiger partial charge on any atom is -0.368 e. The molecule has 3 N–H and O–H groups in total. The molecular weight excluding hydrogens is 484 g/mol. The van der Waals surface area contributed by atoms with Gasteiger partial charge in [0.2, 0.25) is 11.9 Å². The van der Waals surface area contributed by atoms with Crippen LogP contribution in [0.25, 0.3) is 17.1 Å². The first-order valence-corrected chi connectivity index (χ1v) is 14.5. The second-order valence-electron chi connectivity index (χ2n) is 11.8. The maximum Gasteiger partial charge on any atom is 0.248 e. The van der Waals surface area contributed by atoms with Crippen molar-refractivity contribution in [1.82, 2.24) is 29.9 Å². The number of aromatic nitrogens is 5. The first-order chi connectivity index (χ1) is 19.2. The fraction of sp³-hybridized carbons (Fsp3) is 0.419. The number of hydrogen-bond donors (Lipinski definition) is 2. The van der Waals surface area contributed by atoms with E-state index in [1.165, 1.54) is 60.0 Å². The summed E-state index contributed by atoms with van der Waals surface area (Å²) in [5.74, 6) is 2.34. The number of aryl methyl sites for hydroxylation is 4. The van der Waals surface area contributed by atoms with E-state index in [9.17, 15) is 0 Å². The molecule has 3 fully saturated rings. The summed E-state index contributed by atoms with van der Waals surface area (Å²) >= 11 is 0. The fourth-order valence-electron chi connectivity index (χ4n) is 7.37. The van der Waals surface area contributed by atoms with E-state index < -0.39 is 0 Å². The largest absolute Gasteiger partial charge is 0.368 e. The SMILES string of the molecule is Nc1nc(Nc2ccc3c(c2)CC[C@@H](N2CC4CC2C4)CC3)nn1-c1cc2c(nn1)-c1ccccc1CCC2. The lowest BCUT2D eigenvalue weighted by Gasteiger charge is -2.32. The molecule has 5 aliphatic rings. The molecule has 0 spiro atoms. The molecule has 0 unspecified atom stereocenters. The van der Waals surface area contributed by atoms with Crippen molar-refractivity contribution >= 4 is 17.6 Å². The molecule has 2 bridgehead atoms. The monoisotopic (exact) mass is 518 g/mol. The second kappa shape index (κ2) is 9.16. The van der Waals surface area contributed by atoms with Crippen molar-refractivity contribution in [2.75, 3.05) is 17.6 Å². The van der Waals surface area contributed by atoms with Crippen molar-refractivity contribution < 1.29 is 0 Å². The van der Waals surface area contributed by atoms with Gasteiger partial charge in [0.1, 0.15) is 0 Å². The highest BCUT2D eigenvalue weighted by molar-refractivity contribution is 5.68. The van der Waals surface area contributed by atoms with E-state index in [4.69, 9.17) is 5.73 Å². The number of anilines is 3. The van der Waals surface area contributed by atoms with E-state index in [1.54, 1.807) is 4.68 Å². The van der Waals surface area contributed by atoms with E-state index in [2.05, 4.69) is 79.0 Å². The highest BCUT2D eigenvalue weighted by atomic mass is 15.4. The van der Waals surface area contributed by atoms with Crippen molar-refractivity contribution in [3.05, 3.63) is 70.8 Å². The molecule has 0 amide bonds. The molecule has 2 aromatic heterocycles. The Kier molecular flexibility index (Phi) is 5.43. The van der Waals surface area contributed by atoms with E-state index >= 15 is 0 Å². The summed E-state index contributed by atoms with van der Waals surface area (Å²) in [5.41, 5.74) is 14.9. The zero-order chi connectivity index (χ0) is 25.9. The first-order valence-electron chi connectivity index (χ1n) is 14.5. The summed E-state index contributed by atoms with van der Waals surface area (Å²) in [4.78, 5) is 7.32. The van der Waals surface area contributed by atoms with Crippen molar-refractivity contribution in [3.8, 4) is 17.1 Å². The summed E-state index contributed by atoms with van der Waals surface area (Å²) in [7, 11) is 0. The number of hydrogen-bond acceptors (Lipinski definition) is 7. The topological polar surface area (TPSA) is 97.8 Å². The van der Waals surface area contributed by atoms with Crippen molar-refractivity contribution in [3.63, 3.8) is 0 Å². The van der Waals surface area contributed by atoms with Gasteiger partial charge in [-0.25, -0.2) is 0 Å². The predicted molar refractivity (Wildman–Crippen MR) is 152 cm³/mol. The van der Waals surface area contributed by atoms with Gasteiger partial charge in [0.15, 0.2) is 5.82 Å². The van der Waals surface area contributed by atoms with Crippen LogP contribution in [0.15, 0.2) is 48.5 Å². The molecule has 4 aromatic rings. The van der Waals surface area contributed by atoms with Crippen molar-refractivity contribution in [1.29, 1.82) is 0 Å². The standard InChI is InChI=1S/C31H34N8/c32-30-34-31(37-39(30)28-17-23-6-3-5-21-4-1-2-7-27(21)29(23)36-35-28)33-24-11-8-20-9-12-25(13-10-22(20)16-24)38-18-19-14-26(38)15-19/h1-2,4,7-8,11,16-17,19,25-26H,3,5-6,9-10,12-15,18H2,(H3,32,33,34,37)/t19?,25-,26?/m0/s1. The highest BCUT2D eigenvalue weighted by Gasteiger charge is 2.45. The molecule has 2 aliphatic heterocycles. The number of nitrogen functional groups attached to an aromatic ring is 1. The Labute approximate surface area is 228 Å². The summed E-state index contributed by atoms with van der Waals surface area (Å²) < 4.78 is 1.58. The summed E-state index contributed by atoms with van der Waals surface area (Å²) in [6, 6.07) is 18.8. The Hall–Kier alpha value is -3.78.